The number of hydrogen-bond acceptors (Lipinski definition) is 7. The highest BCUT2D eigenvalue weighted by molar-refractivity contribution is 7.12. The maximum atomic E-state index is 14.4. The Hall–Kier alpha value is -2.39. The van der Waals surface area contributed by atoms with E-state index in [-0.39, 0.29) is 18.0 Å². The van der Waals surface area contributed by atoms with Crippen LogP contribution in [0.5, 0.6) is 5.88 Å². The van der Waals surface area contributed by atoms with Gasteiger partial charge in [0.15, 0.2) is 0 Å². The molecular weight excluding hydrogens is 567 g/mol. The first-order chi connectivity index (χ1) is 19.4. The van der Waals surface area contributed by atoms with Crippen LogP contribution < -0.4 is 10.1 Å². The summed E-state index contributed by atoms with van der Waals surface area (Å²) in [7, 11) is 0. The van der Waals surface area contributed by atoms with Crippen molar-refractivity contribution in [2.24, 2.45) is 0 Å². The van der Waals surface area contributed by atoms with Crippen LogP contribution in [0.25, 0.3) is 5.57 Å². The number of hydrogen-bond donors (Lipinski definition) is 1. The maximum Gasteiger partial charge on any atom is 0.257 e. The monoisotopic (exact) mass is 600 g/mol. The minimum atomic E-state index is 0.0687. The Morgan fingerprint density at radius 1 is 1.23 bits per heavy atom. The molecule has 0 spiro atoms. The zero-order valence-corrected chi connectivity index (χ0v) is 25.2. The van der Waals surface area contributed by atoms with Crippen LogP contribution in [-0.4, -0.2) is 45.7 Å². The predicted molar refractivity (Wildman–Crippen MR) is 158 cm³/mol. The molecular formula is C30H34Cl2N4O3S. The van der Waals surface area contributed by atoms with E-state index in [4.69, 9.17) is 37.4 Å². The molecule has 212 valence electrons. The predicted octanol–water partition coefficient (Wildman–Crippen LogP) is 6.93. The molecule has 3 aromatic rings. The molecule has 1 N–H and O–H groups in total. The second-order valence-corrected chi connectivity index (χ2v) is 13.0. The zero-order valence-electron chi connectivity index (χ0n) is 22.8. The van der Waals surface area contributed by atoms with Crippen molar-refractivity contribution in [1.29, 1.82) is 0 Å². The van der Waals surface area contributed by atoms with Crippen molar-refractivity contribution < 1.29 is 14.1 Å². The molecule has 4 heterocycles. The van der Waals surface area contributed by atoms with Crippen LogP contribution in [0.15, 0.2) is 34.5 Å². The second kappa shape index (κ2) is 11.8. The van der Waals surface area contributed by atoms with E-state index in [1.165, 1.54) is 0 Å². The van der Waals surface area contributed by atoms with E-state index >= 15 is 0 Å². The first-order valence-corrected chi connectivity index (χ1v) is 15.7. The van der Waals surface area contributed by atoms with Gasteiger partial charge in [-0.2, -0.15) is 0 Å². The number of halogens is 2. The molecule has 1 amide bonds. The summed E-state index contributed by atoms with van der Waals surface area (Å²) in [5.41, 5.74) is 3.90. The molecule has 2 aromatic heterocycles. The van der Waals surface area contributed by atoms with E-state index in [1.807, 2.05) is 37.1 Å². The third-order valence-electron chi connectivity index (χ3n) is 8.20. The van der Waals surface area contributed by atoms with Crippen LogP contribution in [-0.2, 0) is 17.8 Å². The van der Waals surface area contributed by atoms with Crippen LogP contribution in [0.3, 0.4) is 0 Å². The van der Waals surface area contributed by atoms with Crippen LogP contribution in [0, 0.1) is 13.8 Å². The topological polar surface area (TPSA) is 80.5 Å². The Kier molecular flexibility index (Phi) is 8.22. The molecule has 1 aromatic carbocycles. The molecule has 0 unspecified atom stereocenters. The third-order valence-corrected chi connectivity index (χ3v) is 10.2. The zero-order chi connectivity index (χ0) is 27.8. The highest BCUT2D eigenvalue weighted by Gasteiger charge is 2.41. The summed E-state index contributed by atoms with van der Waals surface area (Å²) in [6, 6.07) is 6.36. The molecule has 1 aliphatic carbocycles. The smallest absolute Gasteiger partial charge is 0.257 e. The van der Waals surface area contributed by atoms with Crippen LogP contribution in [0.4, 0.5) is 0 Å². The van der Waals surface area contributed by atoms with E-state index in [0.29, 0.717) is 35.1 Å². The lowest BCUT2D eigenvalue weighted by atomic mass is 9.81. The highest BCUT2D eigenvalue weighted by Crippen LogP contribution is 2.41. The standard InChI is InChI=1S/C30H34Cl2N4O3S/c1-17-18(2)39-35-29(17)38-13-5-10-26-33-15-25(40-26)22-14-20-7-4-9-24(34-20)27(22)30(37)36(21-11-12-21)16-19-6-3-8-23(31)28(19)32/h3,6,8,15,20-21,24,34H,4-5,7,9-14,16H2,1-2H3/t20-,24+/m0/s1. The van der Waals surface area contributed by atoms with Gasteiger partial charge in [-0.3, -0.25) is 4.79 Å². The molecule has 2 aliphatic heterocycles. The largest absolute Gasteiger partial charge is 0.475 e. The van der Waals surface area contributed by atoms with E-state index in [9.17, 15) is 4.79 Å². The molecule has 3 aliphatic rings. The summed E-state index contributed by atoms with van der Waals surface area (Å²) < 4.78 is 11.0. The number of nitrogens with zero attached hydrogens (tertiary/aromatic N) is 3. The maximum absolute atomic E-state index is 14.4. The lowest BCUT2D eigenvalue weighted by molar-refractivity contribution is -0.128. The van der Waals surface area contributed by atoms with Gasteiger partial charge >= 0.3 is 0 Å². The van der Waals surface area contributed by atoms with E-state index < -0.39 is 0 Å². The average molecular weight is 602 g/mol. The third kappa shape index (κ3) is 5.82. The number of aromatic nitrogens is 2. The Labute approximate surface area is 248 Å². The number of fused-ring (bicyclic) bond motifs is 2. The summed E-state index contributed by atoms with van der Waals surface area (Å²) in [5, 5.41) is 9.83. The minimum Gasteiger partial charge on any atom is -0.475 e. The van der Waals surface area contributed by atoms with Gasteiger partial charge in [-0.25, -0.2) is 4.98 Å². The molecule has 1 saturated heterocycles. The molecule has 7 nitrogen and oxygen atoms in total. The number of carbonyl (C=O) groups is 1. The molecule has 6 rings (SSSR count). The Balaban J connectivity index is 1.22. The quantitative estimate of drug-likeness (QED) is 0.254. The van der Waals surface area contributed by atoms with Crippen molar-refractivity contribution in [3.05, 3.63) is 66.8 Å². The van der Waals surface area contributed by atoms with Crippen LogP contribution in [0.1, 0.15) is 71.7 Å². The van der Waals surface area contributed by atoms with Gasteiger partial charge in [-0.15, -0.1) is 11.3 Å². The van der Waals surface area contributed by atoms with Gasteiger partial charge in [-0.05, 0) is 81.2 Å². The van der Waals surface area contributed by atoms with Crippen molar-refractivity contribution in [3.8, 4) is 5.88 Å². The van der Waals surface area contributed by atoms with Crippen LogP contribution in [0.2, 0.25) is 10.0 Å². The summed E-state index contributed by atoms with van der Waals surface area (Å²) in [4.78, 5) is 22.2. The lowest BCUT2D eigenvalue weighted by Crippen LogP contribution is -2.51. The SMILES string of the molecule is Cc1onc(OCCCc2ncc(C3=C(C(=O)N(Cc4cccc(Cl)c4Cl)C4CC4)[C@H]4CCC[C@@H](C3)N4)s2)c1C. The number of ether oxygens (including phenoxy) is 1. The van der Waals surface area contributed by atoms with E-state index in [0.717, 1.165) is 89.3 Å². The number of rotatable bonds is 10. The molecule has 10 heteroatoms. The molecule has 1 saturated carbocycles. The fourth-order valence-electron chi connectivity index (χ4n) is 5.74. The summed E-state index contributed by atoms with van der Waals surface area (Å²) in [6.45, 7) is 4.84. The van der Waals surface area contributed by atoms with Gasteiger partial charge < -0.3 is 19.5 Å². The van der Waals surface area contributed by atoms with Gasteiger partial charge in [0.2, 0.25) is 0 Å². The fourth-order valence-corrected chi connectivity index (χ4v) is 7.15. The first kappa shape index (κ1) is 27.8. The molecule has 0 radical (unpaired) electrons. The lowest BCUT2D eigenvalue weighted by Gasteiger charge is -2.40. The van der Waals surface area contributed by atoms with Crippen molar-refractivity contribution >= 4 is 46.0 Å². The van der Waals surface area contributed by atoms with E-state index in [1.54, 1.807) is 17.4 Å². The number of carbonyl (C=O) groups excluding carboxylic acids is 1. The van der Waals surface area contributed by atoms with Gasteiger partial charge in [0.05, 0.1) is 32.1 Å². The molecule has 2 bridgehead atoms. The second-order valence-electron chi connectivity index (χ2n) is 11.1. The number of nitrogens with one attached hydrogen (secondary N) is 1. The Bertz CT molecular complexity index is 1430. The van der Waals surface area contributed by atoms with E-state index in [2.05, 4.69) is 10.5 Å². The van der Waals surface area contributed by atoms with Gasteiger partial charge in [-0.1, -0.05) is 35.3 Å². The summed E-state index contributed by atoms with van der Waals surface area (Å²) in [6.07, 6.45) is 9.73. The number of amides is 1. The number of piperidine rings is 1. The molecule has 2 atom stereocenters. The van der Waals surface area contributed by atoms with Crippen molar-refractivity contribution in [2.45, 2.75) is 89.9 Å². The van der Waals surface area contributed by atoms with Gasteiger partial charge in [0, 0.05) is 42.9 Å². The number of thiazole rings is 1. The Morgan fingerprint density at radius 2 is 2.08 bits per heavy atom. The fraction of sp³-hybridized carbons (Fsp3) is 0.500. The Morgan fingerprint density at radius 3 is 2.85 bits per heavy atom. The molecule has 2 fully saturated rings. The van der Waals surface area contributed by atoms with Gasteiger partial charge in [0.25, 0.3) is 11.8 Å². The van der Waals surface area contributed by atoms with Crippen LogP contribution >= 0.6 is 34.5 Å². The highest BCUT2D eigenvalue weighted by atomic mass is 35.5. The first-order valence-electron chi connectivity index (χ1n) is 14.1. The minimum absolute atomic E-state index is 0.0687. The number of aryl methyl sites for hydroxylation is 2. The summed E-state index contributed by atoms with van der Waals surface area (Å²) in [5.74, 6) is 1.46. The van der Waals surface area contributed by atoms with Crippen molar-refractivity contribution in [1.82, 2.24) is 20.4 Å². The molecule has 40 heavy (non-hydrogen) atoms. The average Bonchev–Trinajstić information content (AvgIpc) is 3.60. The van der Waals surface area contributed by atoms with Crippen molar-refractivity contribution in [3.63, 3.8) is 0 Å². The normalized spacial score (nSPS) is 20.6. The number of benzene rings is 1. The van der Waals surface area contributed by atoms with Gasteiger partial charge in [0.1, 0.15) is 5.76 Å². The summed E-state index contributed by atoms with van der Waals surface area (Å²) >= 11 is 14.5. The van der Waals surface area contributed by atoms with Crippen molar-refractivity contribution in [2.75, 3.05) is 6.61 Å².